The van der Waals surface area contributed by atoms with Crippen molar-refractivity contribution in [2.75, 3.05) is 13.2 Å². The maximum Gasteiger partial charge on any atom is 0.319 e. The monoisotopic (exact) mass is 352 g/mol. The van der Waals surface area contributed by atoms with E-state index >= 15 is 0 Å². The third-order valence-corrected chi connectivity index (χ3v) is 3.83. The molecule has 8 heteroatoms. The fourth-order valence-corrected chi connectivity index (χ4v) is 2.37. The Hall–Kier alpha value is -2.25. The highest BCUT2D eigenvalue weighted by atomic mass is 35.5. The van der Waals surface area contributed by atoms with Crippen LogP contribution in [0.25, 0.3) is 0 Å². The Labute approximate surface area is 145 Å². The van der Waals surface area contributed by atoms with Crippen LogP contribution in [0.3, 0.4) is 0 Å². The van der Waals surface area contributed by atoms with Crippen LogP contribution in [0.15, 0.2) is 36.2 Å². The van der Waals surface area contributed by atoms with Gasteiger partial charge < -0.3 is 26.4 Å². The fourth-order valence-electron chi connectivity index (χ4n) is 2.24. The number of halogens is 1. The third-order valence-electron chi connectivity index (χ3n) is 3.58. The summed E-state index contributed by atoms with van der Waals surface area (Å²) >= 11 is 5.81. The van der Waals surface area contributed by atoms with Gasteiger partial charge in [0.25, 0.3) is 5.91 Å². The third kappa shape index (κ3) is 5.75. The molecule has 0 spiro atoms. The number of nitrogens with one attached hydrogen (secondary N) is 3. The average molecular weight is 353 g/mol. The summed E-state index contributed by atoms with van der Waals surface area (Å²) in [7, 11) is 0. The van der Waals surface area contributed by atoms with Crippen molar-refractivity contribution in [2.45, 2.75) is 25.4 Å². The van der Waals surface area contributed by atoms with Crippen molar-refractivity contribution >= 4 is 23.5 Å². The summed E-state index contributed by atoms with van der Waals surface area (Å²) in [5, 5.41) is 8.58. The quantitative estimate of drug-likeness (QED) is 0.598. The summed E-state index contributed by atoms with van der Waals surface area (Å²) in [6.07, 6.45) is 2.57. The van der Waals surface area contributed by atoms with E-state index in [0.717, 1.165) is 24.6 Å². The minimum atomic E-state index is -0.463. The maximum atomic E-state index is 12.1. The van der Waals surface area contributed by atoms with Gasteiger partial charge in [-0.25, -0.2) is 4.79 Å². The Morgan fingerprint density at radius 3 is 2.54 bits per heavy atom. The van der Waals surface area contributed by atoms with E-state index in [1.54, 1.807) is 24.3 Å². The van der Waals surface area contributed by atoms with E-state index in [0.29, 0.717) is 24.8 Å². The zero-order valence-corrected chi connectivity index (χ0v) is 13.9. The molecule has 0 bridgehead atoms. The molecule has 130 valence electrons. The van der Waals surface area contributed by atoms with Crippen molar-refractivity contribution in [1.29, 1.82) is 0 Å². The average Bonchev–Trinajstić information content (AvgIpc) is 2.59. The van der Waals surface area contributed by atoms with Gasteiger partial charge in [0, 0.05) is 37.0 Å². The smallest absolute Gasteiger partial charge is 0.319 e. The standard InChI is InChI=1S/C16H21ClN4O3/c17-12-3-1-11(2-4-12)10-19-15(22)14(9-18)21-16(23)20-13-5-7-24-8-6-13/h1-4,9,13H,5-8,10,18H2,(H,19,22)(H2,20,21,23)/b14-9+. The SMILES string of the molecule is N/C=C(/NC(=O)NC1CCOCC1)C(=O)NCc1ccc(Cl)cc1. The molecule has 24 heavy (non-hydrogen) atoms. The number of urea groups is 1. The van der Waals surface area contributed by atoms with E-state index in [1.807, 2.05) is 0 Å². The van der Waals surface area contributed by atoms with Gasteiger partial charge in [-0.2, -0.15) is 0 Å². The second-order valence-corrected chi connectivity index (χ2v) is 5.81. The Morgan fingerprint density at radius 2 is 1.92 bits per heavy atom. The predicted octanol–water partition coefficient (Wildman–Crippen LogP) is 1.23. The molecular weight excluding hydrogens is 332 g/mol. The van der Waals surface area contributed by atoms with Gasteiger partial charge in [-0.05, 0) is 30.5 Å². The largest absolute Gasteiger partial charge is 0.403 e. The number of carbonyl (C=O) groups excluding carboxylic acids is 2. The van der Waals surface area contributed by atoms with Crippen molar-refractivity contribution in [3.05, 3.63) is 46.7 Å². The molecule has 0 radical (unpaired) electrons. The van der Waals surface area contributed by atoms with Crippen molar-refractivity contribution in [3.63, 3.8) is 0 Å². The molecule has 0 unspecified atom stereocenters. The van der Waals surface area contributed by atoms with Crippen LogP contribution in [0.4, 0.5) is 4.79 Å². The molecule has 1 saturated heterocycles. The number of carbonyl (C=O) groups is 2. The van der Waals surface area contributed by atoms with Crippen molar-refractivity contribution in [2.24, 2.45) is 5.73 Å². The number of rotatable bonds is 5. The fraction of sp³-hybridized carbons (Fsp3) is 0.375. The predicted molar refractivity (Wildman–Crippen MR) is 91.1 cm³/mol. The summed E-state index contributed by atoms with van der Waals surface area (Å²) in [6.45, 7) is 1.54. The van der Waals surface area contributed by atoms with E-state index in [9.17, 15) is 9.59 Å². The highest BCUT2D eigenvalue weighted by Gasteiger charge is 2.18. The number of ether oxygens (including phenoxy) is 1. The minimum Gasteiger partial charge on any atom is -0.403 e. The molecule has 1 heterocycles. The van der Waals surface area contributed by atoms with Crippen molar-refractivity contribution in [1.82, 2.24) is 16.0 Å². The van der Waals surface area contributed by atoms with E-state index in [4.69, 9.17) is 22.1 Å². The van der Waals surface area contributed by atoms with Crippen LogP contribution in [-0.4, -0.2) is 31.2 Å². The van der Waals surface area contributed by atoms with E-state index in [2.05, 4.69) is 16.0 Å². The summed E-state index contributed by atoms with van der Waals surface area (Å²) < 4.78 is 5.23. The summed E-state index contributed by atoms with van der Waals surface area (Å²) in [4.78, 5) is 24.0. The molecule has 2 rings (SSSR count). The number of amides is 3. The molecule has 3 amide bonds. The lowest BCUT2D eigenvalue weighted by Gasteiger charge is -2.23. The molecule has 0 saturated carbocycles. The Balaban J connectivity index is 1.80. The van der Waals surface area contributed by atoms with Crippen LogP contribution < -0.4 is 21.7 Å². The van der Waals surface area contributed by atoms with Crippen molar-refractivity contribution < 1.29 is 14.3 Å². The Bertz CT molecular complexity index is 598. The van der Waals surface area contributed by atoms with Gasteiger partial charge in [-0.15, -0.1) is 0 Å². The zero-order chi connectivity index (χ0) is 17.4. The van der Waals surface area contributed by atoms with Crippen LogP contribution in [0, 0.1) is 0 Å². The van der Waals surface area contributed by atoms with E-state index in [1.165, 1.54) is 0 Å². The molecule has 1 aliphatic rings. The first kappa shape index (κ1) is 18.1. The molecular formula is C16H21ClN4O3. The summed E-state index contributed by atoms with van der Waals surface area (Å²) in [5.74, 6) is -0.463. The molecule has 0 aromatic heterocycles. The van der Waals surface area contributed by atoms with Crippen molar-refractivity contribution in [3.8, 4) is 0 Å². The number of hydrogen-bond acceptors (Lipinski definition) is 4. The molecule has 1 fully saturated rings. The van der Waals surface area contributed by atoms with Gasteiger partial charge in [0.2, 0.25) is 0 Å². The van der Waals surface area contributed by atoms with Crippen LogP contribution in [0.5, 0.6) is 0 Å². The summed E-state index contributed by atoms with van der Waals surface area (Å²) in [5.41, 5.74) is 6.32. The highest BCUT2D eigenvalue weighted by molar-refractivity contribution is 6.30. The Morgan fingerprint density at radius 1 is 1.25 bits per heavy atom. The minimum absolute atomic E-state index is 0.00600. The number of hydrogen-bond donors (Lipinski definition) is 4. The van der Waals surface area contributed by atoms with Gasteiger partial charge in [0.15, 0.2) is 0 Å². The van der Waals surface area contributed by atoms with E-state index in [-0.39, 0.29) is 11.7 Å². The highest BCUT2D eigenvalue weighted by Crippen LogP contribution is 2.09. The molecule has 7 nitrogen and oxygen atoms in total. The van der Waals surface area contributed by atoms with Crippen LogP contribution in [-0.2, 0) is 16.1 Å². The zero-order valence-electron chi connectivity index (χ0n) is 13.2. The lowest BCUT2D eigenvalue weighted by molar-refractivity contribution is -0.117. The van der Waals surface area contributed by atoms with Gasteiger partial charge in [0.05, 0.1) is 0 Å². The molecule has 5 N–H and O–H groups in total. The molecule has 0 atom stereocenters. The van der Waals surface area contributed by atoms with E-state index < -0.39 is 11.9 Å². The van der Waals surface area contributed by atoms with Crippen LogP contribution in [0.2, 0.25) is 5.02 Å². The number of nitrogens with two attached hydrogens (primary N) is 1. The van der Waals surface area contributed by atoms with Gasteiger partial charge in [-0.1, -0.05) is 23.7 Å². The molecule has 1 aliphatic heterocycles. The van der Waals surface area contributed by atoms with Gasteiger partial charge in [0.1, 0.15) is 5.70 Å². The Kier molecular flexibility index (Phi) is 6.89. The maximum absolute atomic E-state index is 12.1. The topological polar surface area (TPSA) is 105 Å². The first-order valence-corrected chi connectivity index (χ1v) is 8.06. The second-order valence-electron chi connectivity index (χ2n) is 5.37. The van der Waals surface area contributed by atoms with Gasteiger partial charge in [-0.3, -0.25) is 4.79 Å². The lowest BCUT2D eigenvalue weighted by Crippen LogP contribution is -2.46. The van der Waals surface area contributed by atoms with Crippen LogP contribution in [0.1, 0.15) is 18.4 Å². The molecule has 1 aromatic carbocycles. The first-order valence-electron chi connectivity index (χ1n) is 7.68. The first-order chi connectivity index (χ1) is 11.6. The normalized spacial score (nSPS) is 15.6. The molecule has 0 aliphatic carbocycles. The molecule has 1 aromatic rings. The summed E-state index contributed by atoms with van der Waals surface area (Å²) in [6, 6.07) is 6.67. The van der Waals surface area contributed by atoms with Crippen LogP contribution >= 0.6 is 11.6 Å². The van der Waals surface area contributed by atoms with Gasteiger partial charge >= 0.3 is 6.03 Å². The second kappa shape index (κ2) is 9.14. The number of benzene rings is 1. The lowest BCUT2D eigenvalue weighted by atomic mass is 10.1.